The second-order valence-electron chi connectivity index (χ2n) is 7.60. The van der Waals surface area contributed by atoms with Crippen LogP contribution in [0.2, 0.25) is 0 Å². The van der Waals surface area contributed by atoms with E-state index in [9.17, 15) is 27.2 Å². The first-order valence-corrected chi connectivity index (χ1v) is 9.22. The highest BCUT2D eigenvalue weighted by Crippen LogP contribution is 2.37. The Morgan fingerprint density at radius 3 is 1.07 bits per heavy atom. The summed E-state index contributed by atoms with van der Waals surface area (Å²) in [7, 11) is 0. The van der Waals surface area contributed by atoms with Crippen LogP contribution in [0, 0.1) is 41.5 Å². The van der Waals surface area contributed by atoms with Crippen LogP contribution in [0.5, 0.6) is 0 Å². The molecule has 162 valence electrons. The molecule has 2 aromatic carbocycles. The Bertz CT molecular complexity index is 889. The van der Waals surface area contributed by atoms with Crippen molar-refractivity contribution < 1.29 is 27.2 Å². The van der Waals surface area contributed by atoms with Crippen molar-refractivity contribution in [3.63, 3.8) is 0 Å². The van der Waals surface area contributed by atoms with Crippen LogP contribution in [0.15, 0.2) is 24.3 Å². The van der Waals surface area contributed by atoms with Gasteiger partial charge in [0.2, 0.25) is 0 Å². The Labute approximate surface area is 172 Å². The molecule has 0 fully saturated rings. The third-order valence-corrected chi connectivity index (χ3v) is 4.80. The van der Waals surface area contributed by atoms with E-state index in [2.05, 4.69) is 0 Å². The zero-order valence-corrected chi connectivity index (χ0v) is 17.6. The van der Waals surface area contributed by atoms with Crippen LogP contribution >= 0.6 is 0 Å². The van der Waals surface area contributed by atoms with Gasteiger partial charge in [-0.1, -0.05) is 35.4 Å². The molecular formula is C22H24F4N2O2. The number of hydrogen-bond acceptors (Lipinski definition) is 2. The molecule has 0 saturated heterocycles. The fourth-order valence-electron chi connectivity index (χ4n) is 3.42. The van der Waals surface area contributed by atoms with Crippen LogP contribution in [-0.2, 0) is 9.59 Å². The lowest BCUT2D eigenvalue weighted by Crippen LogP contribution is -2.56. The van der Waals surface area contributed by atoms with E-state index in [1.165, 1.54) is 0 Å². The number of halogens is 4. The molecule has 2 N–H and O–H groups in total. The molecule has 0 atom stereocenters. The molecule has 30 heavy (non-hydrogen) atoms. The van der Waals surface area contributed by atoms with Crippen LogP contribution < -0.4 is 10.6 Å². The number of rotatable bonds is 5. The summed E-state index contributed by atoms with van der Waals surface area (Å²) in [6, 6.07) is 6.48. The van der Waals surface area contributed by atoms with Gasteiger partial charge in [-0.05, 0) is 63.8 Å². The Morgan fingerprint density at radius 2 is 0.833 bits per heavy atom. The topological polar surface area (TPSA) is 58.2 Å². The molecule has 4 nitrogen and oxygen atoms in total. The van der Waals surface area contributed by atoms with Crippen molar-refractivity contribution in [2.75, 3.05) is 10.6 Å². The monoisotopic (exact) mass is 424 g/mol. The fourth-order valence-corrected chi connectivity index (χ4v) is 3.42. The Balaban J connectivity index is 2.31. The van der Waals surface area contributed by atoms with Crippen LogP contribution in [0.25, 0.3) is 0 Å². The molecule has 0 spiro atoms. The van der Waals surface area contributed by atoms with Crippen molar-refractivity contribution in [2.24, 2.45) is 0 Å². The number of hydrogen-bond donors (Lipinski definition) is 2. The lowest BCUT2D eigenvalue weighted by Gasteiger charge is -2.26. The largest absolute Gasteiger partial charge is 0.396 e. The number of aryl methyl sites for hydroxylation is 6. The van der Waals surface area contributed by atoms with Gasteiger partial charge in [-0.15, -0.1) is 0 Å². The number of anilines is 2. The standard InChI is InChI=1S/C22H24F4N2O2/c1-11-7-13(3)17(14(4)8-11)27-19(29)21(23,24)22(25,26)20(30)28-18-15(5)9-12(2)10-16(18)6/h7-10H,1-6H3,(H,27,29)(H,28,30). The van der Waals surface area contributed by atoms with E-state index in [1.807, 2.05) is 10.6 Å². The summed E-state index contributed by atoms with van der Waals surface area (Å²) in [6.07, 6.45) is 0. The van der Waals surface area contributed by atoms with Gasteiger partial charge in [0.25, 0.3) is 0 Å². The van der Waals surface area contributed by atoms with E-state index in [-0.39, 0.29) is 11.4 Å². The number of amides is 2. The van der Waals surface area contributed by atoms with E-state index in [0.29, 0.717) is 22.3 Å². The predicted octanol–water partition coefficient (Wildman–Crippen LogP) is 5.38. The molecule has 0 saturated carbocycles. The van der Waals surface area contributed by atoms with Crippen molar-refractivity contribution in [3.05, 3.63) is 57.6 Å². The van der Waals surface area contributed by atoms with Crippen LogP contribution in [0.3, 0.4) is 0 Å². The van der Waals surface area contributed by atoms with Gasteiger partial charge >= 0.3 is 23.7 Å². The first kappa shape index (κ1) is 23.4. The molecular weight excluding hydrogens is 400 g/mol. The van der Waals surface area contributed by atoms with Gasteiger partial charge in [-0.3, -0.25) is 9.59 Å². The summed E-state index contributed by atoms with van der Waals surface area (Å²) in [5, 5.41) is 3.70. The second-order valence-corrected chi connectivity index (χ2v) is 7.60. The van der Waals surface area contributed by atoms with Gasteiger partial charge in [0.15, 0.2) is 0 Å². The lowest BCUT2D eigenvalue weighted by atomic mass is 10.0. The molecule has 0 aliphatic heterocycles. The molecule has 0 aliphatic carbocycles. The highest BCUT2D eigenvalue weighted by molar-refractivity contribution is 6.06. The Kier molecular flexibility index (Phi) is 6.30. The van der Waals surface area contributed by atoms with E-state index in [4.69, 9.17) is 0 Å². The van der Waals surface area contributed by atoms with Gasteiger partial charge < -0.3 is 10.6 Å². The molecule has 0 unspecified atom stereocenters. The summed E-state index contributed by atoms with van der Waals surface area (Å²) < 4.78 is 57.7. The number of alkyl halides is 4. The van der Waals surface area contributed by atoms with Gasteiger partial charge in [-0.2, -0.15) is 17.6 Å². The number of nitrogens with one attached hydrogen (secondary N) is 2. The summed E-state index contributed by atoms with van der Waals surface area (Å²) in [6.45, 7) is 9.77. The van der Waals surface area contributed by atoms with E-state index in [1.54, 1.807) is 65.8 Å². The highest BCUT2D eigenvalue weighted by atomic mass is 19.3. The van der Waals surface area contributed by atoms with Crippen LogP contribution in [-0.4, -0.2) is 23.7 Å². The zero-order chi connectivity index (χ0) is 23.0. The lowest BCUT2D eigenvalue weighted by molar-refractivity contribution is -0.204. The smallest absolute Gasteiger partial charge is 0.320 e. The maximum absolute atomic E-state index is 14.4. The number of carbonyl (C=O) groups is 2. The molecule has 2 amide bonds. The quantitative estimate of drug-likeness (QED) is 0.633. The van der Waals surface area contributed by atoms with Crippen molar-refractivity contribution in [3.8, 4) is 0 Å². The number of carbonyl (C=O) groups excluding carboxylic acids is 2. The van der Waals surface area contributed by atoms with E-state index < -0.39 is 23.7 Å². The predicted molar refractivity (Wildman–Crippen MR) is 108 cm³/mol. The Morgan fingerprint density at radius 1 is 0.600 bits per heavy atom. The Hall–Kier alpha value is -2.90. The molecule has 8 heteroatoms. The van der Waals surface area contributed by atoms with Gasteiger partial charge in [0.1, 0.15) is 0 Å². The van der Waals surface area contributed by atoms with E-state index >= 15 is 0 Å². The third-order valence-electron chi connectivity index (χ3n) is 4.80. The third kappa shape index (κ3) is 4.32. The summed E-state index contributed by atoms with van der Waals surface area (Å²) in [5.41, 5.74) is 3.42. The minimum absolute atomic E-state index is 0.00621. The normalized spacial score (nSPS) is 11.9. The zero-order valence-electron chi connectivity index (χ0n) is 17.6. The van der Waals surface area contributed by atoms with Gasteiger partial charge in [0.05, 0.1) is 0 Å². The summed E-state index contributed by atoms with van der Waals surface area (Å²) in [5.74, 6) is -15.1. The summed E-state index contributed by atoms with van der Waals surface area (Å²) >= 11 is 0. The SMILES string of the molecule is Cc1cc(C)c(NC(=O)C(F)(F)C(F)(F)C(=O)Nc2c(C)cc(C)cc2C)c(C)c1. The molecule has 0 heterocycles. The second kappa shape index (κ2) is 8.08. The van der Waals surface area contributed by atoms with Crippen molar-refractivity contribution in [1.29, 1.82) is 0 Å². The maximum Gasteiger partial charge on any atom is 0.396 e. The van der Waals surface area contributed by atoms with Crippen LogP contribution in [0.1, 0.15) is 33.4 Å². The average molecular weight is 424 g/mol. The van der Waals surface area contributed by atoms with Crippen molar-refractivity contribution in [2.45, 2.75) is 53.4 Å². The highest BCUT2D eigenvalue weighted by Gasteiger charge is 2.67. The van der Waals surface area contributed by atoms with Crippen molar-refractivity contribution >= 4 is 23.2 Å². The van der Waals surface area contributed by atoms with Gasteiger partial charge in [-0.25, -0.2) is 0 Å². The average Bonchev–Trinajstić information content (AvgIpc) is 2.60. The molecule has 0 bridgehead atoms. The molecule has 2 aromatic rings. The molecule has 0 aromatic heterocycles. The summed E-state index contributed by atoms with van der Waals surface area (Å²) in [4.78, 5) is 24.2. The van der Waals surface area contributed by atoms with Crippen molar-refractivity contribution in [1.82, 2.24) is 0 Å². The first-order chi connectivity index (χ1) is 13.7. The number of benzene rings is 2. The molecule has 0 aliphatic rings. The first-order valence-electron chi connectivity index (χ1n) is 9.22. The van der Waals surface area contributed by atoms with Gasteiger partial charge in [0, 0.05) is 11.4 Å². The minimum Gasteiger partial charge on any atom is -0.320 e. The van der Waals surface area contributed by atoms with Crippen LogP contribution in [0.4, 0.5) is 28.9 Å². The fraction of sp³-hybridized carbons (Fsp3) is 0.364. The molecule has 0 radical (unpaired) electrons. The van der Waals surface area contributed by atoms with E-state index in [0.717, 1.165) is 11.1 Å². The molecule has 2 rings (SSSR count). The maximum atomic E-state index is 14.4. The minimum atomic E-state index is -5.27.